The van der Waals surface area contributed by atoms with Gasteiger partial charge < -0.3 is 15.4 Å². The Bertz CT molecular complexity index is 1520. The summed E-state index contributed by atoms with van der Waals surface area (Å²) < 4.78 is 5.17. The van der Waals surface area contributed by atoms with Gasteiger partial charge in [0.2, 0.25) is 11.8 Å². The number of carbonyl (C=O) groups excluding carboxylic acids is 3. The van der Waals surface area contributed by atoms with Crippen molar-refractivity contribution in [2.45, 2.75) is 38.8 Å². The summed E-state index contributed by atoms with van der Waals surface area (Å²) in [4.78, 5) is 49.7. The molecule has 0 aliphatic carbocycles. The van der Waals surface area contributed by atoms with Crippen LogP contribution < -0.4 is 15.4 Å². The maximum Gasteiger partial charge on any atom is 0.259 e. The Labute approximate surface area is 243 Å². The lowest BCUT2D eigenvalue weighted by Gasteiger charge is -2.25. The third-order valence-corrected chi connectivity index (χ3v) is 7.71. The van der Waals surface area contributed by atoms with Gasteiger partial charge in [0.1, 0.15) is 17.6 Å². The number of nitrogens with one attached hydrogen (secondary N) is 2. The molecule has 0 bridgehead atoms. The second kappa shape index (κ2) is 12.4. The van der Waals surface area contributed by atoms with Crippen molar-refractivity contribution < 1.29 is 19.1 Å². The summed E-state index contributed by atoms with van der Waals surface area (Å²) in [6.07, 6.45) is -0.0953. The van der Waals surface area contributed by atoms with Crippen LogP contribution in [0.15, 0.2) is 82.8 Å². The van der Waals surface area contributed by atoms with E-state index in [-0.39, 0.29) is 29.9 Å². The number of carbonyl (C=O) groups is 3. The molecule has 2 N–H and O–H groups in total. The number of ether oxygens (including phenoxy) is 1. The van der Waals surface area contributed by atoms with Crippen LogP contribution in [0.5, 0.6) is 5.75 Å². The Morgan fingerprint density at radius 3 is 2.44 bits per heavy atom. The molecular formula is C31H31N5O4S. The van der Waals surface area contributed by atoms with E-state index in [4.69, 9.17) is 4.74 Å². The Balaban J connectivity index is 1.24. The highest BCUT2D eigenvalue weighted by Crippen LogP contribution is 2.34. The van der Waals surface area contributed by atoms with Crippen molar-refractivity contribution in [3.05, 3.63) is 89.5 Å². The molecule has 5 rings (SSSR count). The van der Waals surface area contributed by atoms with Crippen molar-refractivity contribution in [1.82, 2.24) is 10.2 Å². The van der Waals surface area contributed by atoms with Crippen molar-refractivity contribution in [2.75, 3.05) is 18.2 Å². The Morgan fingerprint density at radius 2 is 1.73 bits per heavy atom. The quantitative estimate of drug-likeness (QED) is 0.382. The number of thioether (sulfide) groups is 1. The van der Waals surface area contributed by atoms with E-state index in [0.717, 1.165) is 23.1 Å². The first-order valence-corrected chi connectivity index (χ1v) is 14.3. The molecule has 3 amide bonds. The van der Waals surface area contributed by atoms with E-state index in [2.05, 4.69) is 34.5 Å². The lowest BCUT2D eigenvalue weighted by Crippen LogP contribution is -2.42. The van der Waals surface area contributed by atoms with Crippen molar-refractivity contribution >= 4 is 51.9 Å². The van der Waals surface area contributed by atoms with Crippen LogP contribution in [0, 0.1) is 0 Å². The second-order valence-electron chi connectivity index (χ2n) is 10.00. The summed E-state index contributed by atoms with van der Waals surface area (Å²) >= 11 is 1.16. The molecule has 3 aromatic rings. The molecule has 1 atom stereocenters. The molecule has 0 spiro atoms. The monoisotopic (exact) mass is 569 g/mol. The molecule has 2 aliphatic rings. The predicted molar refractivity (Wildman–Crippen MR) is 162 cm³/mol. The van der Waals surface area contributed by atoms with Gasteiger partial charge in [0.15, 0.2) is 5.17 Å². The van der Waals surface area contributed by atoms with Gasteiger partial charge in [-0.3, -0.25) is 19.4 Å². The summed E-state index contributed by atoms with van der Waals surface area (Å²) in [5.41, 5.74) is 4.18. The summed E-state index contributed by atoms with van der Waals surface area (Å²) in [5, 5.41) is 6.12. The van der Waals surface area contributed by atoms with Crippen LogP contribution in [-0.4, -0.2) is 52.5 Å². The number of nitrogens with zero attached hydrogens (tertiary/aromatic N) is 3. The smallest absolute Gasteiger partial charge is 0.259 e. The van der Waals surface area contributed by atoms with Crippen LogP contribution in [0.2, 0.25) is 0 Å². The highest BCUT2D eigenvalue weighted by molar-refractivity contribution is 8.14. The second-order valence-corrected chi connectivity index (χ2v) is 10.9. The number of fused-ring (bicyclic) bond motifs is 3. The molecule has 0 saturated heterocycles. The molecule has 0 aromatic heterocycles. The third-order valence-electron chi connectivity index (χ3n) is 6.77. The third kappa shape index (κ3) is 6.49. The molecule has 0 radical (unpaired) electrons. The summed E-state index contributed by atoms with van der Waals surface area (Å²) in [7, 11) is 1.60. The van der Waals surface area contributed by atoms with Crippen LogP contribution in [0.4, 0.5) is 11.4 Å². The molecule has 9 nitrogen and oxygen atoms in total. The standard InChI is InChI=1S/C31H31N5O4S/c1-19(2)21-10-12-22(13-11-21)33-28(38)18-41-31-35-25-7-5-4-6-24(25)29-34-26(30(39)36(29)31)16-27(37)32-17-20-8-14-23(40-3)15-9-20/h4-15,19,26H,16-18H2,1-3H3,(H,32,37)(H,33,38)/t26-/m0/s1. The number of amides is 3. The Morgan fingerprint density at radius 1 is 1.00 bits per heavy atom. The van der Waals surface area contributed by atoms with Crippen LogP contribution in [0.1, 0.15) is 42.9 Å². The molecular weight excluding hydrogens is 538 g/mol. The number of aliphatic imine (C=N–C) groups is 2. The molecule has 41 heavy (non-hydrogen) atoms. The maximum atomic E-state index is 13.5. The van der Waals surface area contributed by atoms with E-state index in [1.54, 1.807) is 7.11 Å². The molecule has 0 unspecified atom stereocenters. The van der Waals surface area contributed by atoms with E-state index < -0.39 is 6.04 Å². The minimum absolute atomic E-state index is 0.0526. The first kappa shape index (κ1) is 28.1. The molecule has 210 valence electrons. The minimum atomic E-state index is -0.883. The van der Waals surface area contributed by atoms with E-state index in [1.165, 1.54) is 10.5 Å². The van der Waals surface area contributed by atoms with E-state index >= 15 is 0 Å². The molecule has 10 heteroatoms. The average Bonchev–Trinajstić information content (AvgIpc) is 3.31. The van der Waals surface area contributed by atoms with Crippen LogP contribution in [-0.2, 0) is 20.9 Å². The summed E-state index contributed by atoms with van der Waals surface area (Å²) in [5.74, 6) is 0.791. The fourth-order valence-electron chi connectivity index (χ4n) is 4.50. The zero-order chi connectivity index (χ0) is 28.9. The van der Waals surface area contributed by atoms with Crippen LogP contribution >= 0.6 is 11.8 Å². The summed E-state index contributed by atoms with van der Waals surface area (Å²) in [6, 6.07) is 21.6. The fourth-order valence-corrected chi connectivity index (χ4v) is 5.30. The maximum absolute atomic E-state index is 13.5. The Kier molecular flexibility index (Phi) is 8.49. The van der Waals surface area contributed by atoms with Crippen molar-refractivity contribution in [3.8, 4) is 5.75 Å². The van der Waals surface area contributed by atoms with Crippen molar-refractivity contribution in [2.24, 2.45) is 9.98 Å². The predicted octanol–water partition coefficient (Wildman–Crippen LogP) is 4.86. The normalized spacial score (nSPS) is 15.6. The van der Waals surface area contributed by atoms with Crippen LogP contribution in [0.25, 0.3) is 0 Å². The van der Waals surface area contributed by atoms with Gasteiger partial charge in [-0.25, -0.2) is 9.89 Å². The number of amidine groups is 2. The number of anilines is 1. The van der Waals surface area contributed by atoms with Gasteiger partial charge in [0.25, 0.3) is 5.91 Å². The topological polar surface area (TPSA) is 112 Å². The van der Waals surface area contributed by atoms with Gasteiger partial charge >= 0.3 is 0 Å². The van der Waals surface area contributed by atoms with E-state index in [9.17, 15) is 14.4 Å². The van der Waals surface area contributed by atoms with E-state index in [1.807, 2.05) is 72.8 Å². The van der Waals surface area contributed by atoms with Crippen LogP contribution in [0.3, 0.4) is 0 Å². The number of methoxy groups -OCH3 is 1. The molecule has 0 saturated carbocycles. The highest BCUT2D eigenvalue weighted by Gasteiger charge is 2.42. The number of hydrogen-bond acceptors (Lipinski definition) is 7. The lowest BCUT2D eigenvalue weighted by molar-refractivity contribution is -0.128. The van der Waals surface area contributed by atoms with E-state index in [0.29, 0.717) is 40.4 Å². The van der Waals surface area contributed by atoms with Gasteiger partial charge in [-0.15, -0.1) is 0 Å². The molecule has 3 aromatic carbocycles. The molecule has 2 heterocycles. The van der Waals surface area contributed by atoms with Gasteiger partial charge in [0.05, 0.1) is 25.0 Å². The van der Waals surface area contributed by atoms with Gasteiger partial charge in [-0.05, 0) is 53.4 Å². The fraction of sp³-hybridized carbons (Fsp3) is 0.258. The zero-order valence-corrected chi connectivity index (χ0v) is 23.9. The average molecular weight is 570 g/mol. The number of benzene rings is 3. The van der Waals surface area contributed by atoms with Crippen molar-refractivity contribution in [1.29, 1.82) is 0 Å². The molecule has 0 fully saturated rings. The first-order chi connectivity index (χ1) is 19.8. The van der Waals surface area contributed by atoms with Crippen molar-refractivity contribution in [3.63, 3.8) is 0 Å². The first-order valence-electron chi connectivity index (χ1n) is 13.3. The van der Waals surface area contributed by atoms with Gasteiger partial charge in [-0.2, -0.15) is 0 Å². The van der Waals surface area contributed by atoms with Gasteiger partial charge in [-0.1, -0.05) is 62.0 Å². The van der Waals surface area contributed by atoms with Gasteiger partial charge in [0, 0.05) is 17.8 Å². The highest BCUT2D eigenvalue weighted by atomic mass is 32.2. The zero-order valence-electron chi connectivity index (χ0n) is 23.1. The number of rotatable bonds is 9. The SMILES string of the molecule is COc1ccc(CNC(=O)C[C@@H]2N=C3c4ccccc4N=C(SCC(=O)Nc4ccc(C(C)C)cc4)N3C2=O)cc1. The largest absolute Gasteiger partial charge is 0.497 e. The summed E-state index contributed by atoms with van der Waals surface area (Å²) in [6.45, 7) is 4.55. The molecule has 2 aliphatic heterocycles. The minimum Gasteiger partial charge on any atom is -0.497 e. The number of hydrogen-bond donors (Lipinski definition) is 2. The Hall–Kier alpha value is -4.44. The number of para-hydroxylation sites is 1. The lowest BCUT2D eigenvalue weighted by atomic mass is 10.0.